The highest BCUT2D eigenvalue weighted by molar-refractivity contribution is 9.10. The fraction of sp³-hybridized carbons (Fsp3) is 0.556. The van der Waals surface area contributed by atoms with Gasteiger partial charge in [-0.2, -0.15) is 0 Å². The largest absolute Gasteiger partial charge is 0.466 e. The number of methoxy groups -OCH3 is 1. The molecule has 1 rings (SSSR count). The van der Waals surface area contributed by atoms with Crippen LogP contribution in [-0.2, 0) is 4.74 Å². The highest BCUT2D eigenvalue weighted by Crippen LogP contribution is 2.28. The molecule has 0 fully saturated rings. The number of ether oxygens (including phenoxy) is 1. The number of hydrogen-bond acceptors (Lipinski definition) is 4. The third-order valence-electron chi connectivity index (χ3n) is 2.18. The molecule has 80 valence electrons. The molecule has 0 aliphatic carbocycles. The third kappa shape index (κ3) is 2.36. The molecule has 0 saturated carbocycles. The summed E-state index contributed by atoms with van der Waals surface area (Å²) in [5, 5.41) is 0. The van der Waals surface area contributed by atoms with E-state index in [0.717, 1.165) is 16.7 Å². The minimum Gasteiger partial charge on any atom is -0.466 e. The molecule has 4 nitrogen and oxygen atoms in total. The maximum absolute atomic E-state index is 5.47. The Morgan fingerprint density at radius 3 is 2.79 bits per heavy atom. The van der Waals surface area contributed by atoms with Crippen molar-refractivity contribution in [2.24, 2.45) is 5.84 Å². The average molecular weight is 263 g/mol. The molecule has 2 atom stereocenters. The van der Waals surface area contributed by atoms with Gasteiger partial charge in [0.1, 0.15) is 11.8 Å². The molecule has 1 aromatic rings. The summed E-state index contributed by atoms with van der Waals surface area (Å²) in [6, 6.07) is 1.71. The van der Waals surface area contributed by atoms with Crippen LogP contribution in [0.15, 0.2) is 21.2 Å². The van der Waals surface area contributed by atoms with Crippen LogP contribution in [0.4, 0.5) is 0 Å². The SMILES string of the molecule is CCC(OC)C(NN)c1occc1Br. The van der Waals surface area contributed by atoms with Crippen molar-refractivity contribution in [1.29, 1.82) is 0 Å². The van der Waals surface area contributed by atoms with Gasteiger partial charge < -0.3 is 9.15 Å². The zero-order valence-corrected chi connectivity index (χ0v) is 9.87. The van der Waals surface area contributed by atoms with E-state index in [0.29, 0.717) is 0 Å². The van der Waals surface area contributed by atoms with Crippen LogP contribution in [0.3, 0.4) is 0 Å². The van der Waals surface area contributed by atoms with Gasteiger partial charge in [-0.05, 0) is 28.4 Å². The Hall–Kier alpha value is -0.360. The van der Waals surface area contributed by atoms with E-state index in [4.69, 9.17) is 15.0 Å². The summed E-state index contributed by atoms with van der Waals surface area (Å²) in [5.41, 5.74) is 2.70. The Morgan fingerprint density at radius 2 is 2.43 bits per heavy atom. The van der Waals surface area contributed by atoms with Gasteiger partial charge in [0.25, 0.3) is 0 Å². The van der Waals surface area contributed by atoms with Crippen LogP contribution in [0.25, 0.3) is 0 Å². The summed E-state index contributed by atoms with van der Waals surface area (Å²) in [5.74, 6) is 6.24. The van der Waals surface area contributed by atoms with Crippen molar-refractivity contribution in [3.05, 3.63) is 22.6 Å². The lowest BCUT2D eigenvalue weighted by molar-refractivity contribution is 0.0577. The molecule has 0 aliphatic heterocycles. The smallest absolute Gasteiger partial charge is 0.138 e. The molecule has 1 heterocycles. The molecule has 0 aliphatic rings. The van der Waals surface area contributed by atoms with Crippen LogP contribution in [0.1, 0.15) is 25.1 Å². The predicted octanol–water partition coefficient (Wildman–Crippen LogP) is 1.97. The van der Waals surface area contributed by atoms with Crippen LogP contribution >= 0.6 is 15.9 Å². The van der Waals surface area contributed by atoms with E-state index < -0.39 is 0 Å². The number of furan rings is 1. The zero-order chi connectivity index (χ0) is 10.6. The van der Waals surface area contributed by atoms with Crippen LogP contribution < -0.4 is 11.3 Å². The molecular formula is C9H15BrN2O2. The first-order valence-electron chi connectivity index (χ1n) is 4.46. The molecule has 0 radical (unpaired) electrons. The summed E-state index contributed by atoms with van der Waals surface area (Å²) in [7, 11) is 1.66. The van der Waals surface area contributed by atoms with E-state index in [1.807, 2.05) is 13.0 Å². The monoisotopic (exact) mass is 262 g/mol. The molecule has 5 heteroatoms. The van der Waals surface area contributed by atoms with Crippen LogP contribution in [0, 0.1) is 0 Å². The zero-order valence-electron chi connectivity index (χ0n) is 8.29. The lowest BCUT2D eigenvalue weighted by Gasteiger charge is -2.22. The van der Waals surface area contributed by atoms with Gasteiger partial charge in [0, 0.05) is 7.11 Å². The van der Waals surface area contributed by atoms with Gasteiger partial charge in [-0.3, -0.25) is 5.84 Å². The number of nitrogens with two attached hydrogens (primary N) is 1. The first-order chi connectivity index (χ1) is 6.74. The minimum absolute atomic E-state index is 0.00227. The van der Waals surface area contributed by atoms with Crippen molar-refractivity contribution in [1.82, 2.24) is 5.43 Å². The number of nitrogens with one attached hydrogen (secondary N) is 1. The standard InChI is InChI=1S/C9H15BrN2O2/c1-3-7(13-2)8(12-11)9-6(10)4-5-14-9/h4-5,7-8,12H,3,11H2,1-2H3. The summed E-state index contributed by atoms with van der Waals surface area (Å²) < 4.78 is 11.5. The van der Waals surface area contributed by atoms with Gasteiger partial charge in [0.15, 0.2) is 0 Å². The average Bonchev–Trinajstić information content (AvgIpc) is 2.61. The fourth-order valence-corrected chi connectivity index (χ4v) is 1.87. The number of hydrazine groups is 1. The lowest BCUT2D eigenvalue weighted by Crippen LogP contribution is -2.37. The number of rotatable bonds is 5. The van der Waals surface area contributed by atoms with E-state index >= 15 is 0 Å². The maximum Gasteiger partial charge on any atom is 0.138 e. The van der Waals surface area contributed by atoms with Gasteiger partial charge >= 0.3 is 0 Å². The summed E-state index contributed by atoms with van der Waals surface area (Å²) in [6.07, 6.45) is 2.48. The van der Waals surface area contributed by atoms with Gasteiger partial charge in [-0.15, -0.1) is 0 Å². The van der Waals surface area contributed by atoms with E-state index in [1.54, 1.807) is 13.4 Å². The molecule has 0 aromatic carbocycles. The van der Waals surface area contributed by atoms with Gasteiger partial charge in [-0.25, -0.2) is 5.43 Å². The van der Waals surface area contributed by atoms with Crippen molar-refractivity contribution in [3.8, 4) is 0 Å². The van der Waals surface area contributed by atoms with E-state index in [1.165, 1.54) is 0 Å². The molecule has 1 aromatic heterocycles. The molecule has 0 saturated heterocycles. The summed E-state index contributed by atoms with van der Waals surface area (Å²) >= 11 is 3.39. The first-order valence-corrected chi connectivity index (χ1v) is 5.25. The van der Waals surface area contributed by atoms with Gasteiger partial charge in [-0.1, -0.05) is 6.92 Å². The molecule has 2 unspecified atom stereocenters. The van der Waals surface area contributed by atoms with Crippen LogP contribution in [0.2, 0.25) is 0 Å². The highest BCUT2D eigenvalue weighted by atomic mass is 79.9. The maximum atomic E-state index is 5.47. The van der Waals surface area contributed by atoms with Crippen molar-refractivity contribution in [3.63, 3.8) is 0 Å². The number of halogens is 1. The minimum atomic E-state index is -0.130. The van der Waals surface area contributed by atoms with Crippen LogP contribution in [0.5, 0.6) is 0 Å². The van der Waals surface area contributed by atoms with E-state index in [-0.39, 0.29) is 12.1 Å². The highest BCUT2D eigenvalue weighted by Gasteiger charge is 2.24. The van der Waals surface area contributed by atoms with Gasteiger partial charge in [0.05, 0.1) is 16.8 Å². The summed E-state index contributed by atoms with van der Waals surface area (Å²) in [4.78, 5) is 0. The molecule has 0 amide bonds. The molecular weight excluding hydrogens is 248 g/mol. The molecule has 0 bridgehead atoms. The third-order valence-corrected chi connectivity index (χ3v) is 2.84. The van der Waals surface area contributed by atoms with Gasteiger partial charge in [0.2, 0.25) is 0 Å². The molecule has 3 N–H and O–H groups in total. The topological polar surface area (TPSA) is 60.4 Å². The quantitative estimate of drug-likeness (QED) is 0.629. The van der Waals surface area contributed by atoms with Crippen molar-refractivity contribution >= 4 is 15.9 Å². The first kappa shape index (κ1) is 11.7. The number of hydrogen-bond donors (Lipinski definition) is 2. The Balaban J connectivity index is 2.86. The molecule has 14 heavy (non-hydrogen) atoms. The second kappa shape index (κ2) is 5.50. The normalized spacial score (nSPS) is 15.4. The summed E-state index contributed by atoms with van der Waals surface area (Å²) in [6.45, 7) is 2.04. The lowest BCUT2D eigenvalue weighted by atomic mass is 10.1. The van der Waals surface area contributed by atoms with Crippen molar-refractivity contribution in [2.75, 3.05) is 7.11 Å². The Kier molecular flexibility index (Phi) is 4.60. The second-order valence-electron chi connectivity index (χ2n) is 2.96. The fourth-order valence-electron chi connectivity index (χ4n) is 1.42. The van der Waals surface area contributed by atoms with E-state index in [2.05, 4.69) is 21.4 Å². The predicted molar refractivity (Wildman–Crippen MR) is 57.6 cm³/mol. The Bertz CT molecular complexity index is 274. The van der Waals surface area contributed by atoms with E-state index in [9.17, 15) is 0 Å². The molecule has 0 spiro atoms. The Morgan fingerprint density at radius 1 is 1.71 bits per heavy atom. The van der Waals surface area contributed by atoms with Crippen molar-refractivity contribution in [2.45, 2.75) is 25.5 Å². The van der Waals surface area contributed by atoms with Crippen LogP contribution in [-0.4, -0.2) is 13.2 Å². The second-order valence-corrected chi connectivity index (χ2v) is 3.81. The van der Waals surface area contributed by atoms with Crippen molar-refractivity contribution < 1.29 is 9.15 Å². The Labute approximate surface area is 91.9 Å².